The van der Waals surface area contributed by atoms with Gasteiger partial charge in [0, 0.05) is 0 Å². The van der Waals surface area contributed by atoms with Crippen LogP contribution in [-0.4, -0.2) is 40.8 Å². The molecule has 1 atom stereocenters. The van der Waals surface area contributed by atoms with E-state index in [9.17, 15) is 9.36 Å². The Hall–Kier alpha value is -2.02. The molecule has 0 fully saturated rings. The van der Waals surface area contributed by atoms with E-state index in [0.717, 1.165) is 0 Å². The predicted molar refractivity (Wildman–Crippen MR) is 91.4 cm³/mol. The van der Waals surface area contributed by atoms with E-state index in [1.165, 1.54) is 10.9 Å². The minimum Gasteiger partial charge on any atom is -0.461 e. The standard InChI is InChI=1S/C16H22N3O5P/c1-4-22-16(20)14-12-17-18-19(14)15(13-10-8-7-9-11-13)25(21,23-5-2)24-6-3/h7-12,15H,4-6H2,1-3H3. The minimum absolute atomic E-state index is 0.0790. The van der Waals surface area contributed by atoms with Crippen molar-refractivity contribution in [3.63, 3.8) is 0 Å². The Bertz CT molecular complexity index is 724. The van der Waals surface area contributed by atoms with Crippen LogP contribution in [0.15, 0.2) is 36.5 Å². The average Bonchev–Trinajstić information content (AvgIpc) is 3.06. The summed E-state index contributed by atoms with van der Waals surface area (Å²) in [4.78, 5) is 12.2. The zero-order valence-corrected chi connectivity index (χ0v) is 15.4. The molecular weight excluding hydrogens is 345 g/mol. The molecule has 0 radical (unpaired) electrons. The van der Waals surface area contributed by atoms with E-state index < -0.39 is 19.3 Å². The van der Waals surface area contributed by atoms with E-state index in [1.807, 2.05) is 6.07 Å². The molecule has 0 aliphatic rings. The van der Waals surface area contributed by atoms with Crippen molar-refractivity contribution in [2.45, 2.75) is 26.6 Å². The van der Waals surface area contributed by atoms with Crippen LogP contribution in [0.4, 0.5) is 0 Å². The normalized spacial score (nSPS) is 12.8. The maximum atomic E-state index is 13.5. The highest BCUT2D eigenvalue weighted by atomic mass is 31.2. The lowest BCUT2D eigenvalue weighted by molar-refractivity contribution is 0.0511. The first-order chi connectivity index (χ1) is 12.1. The van der Waals surface area contributed by atoms with Crippen LogP contribution in [0.5, 0.6) is 0 Å². The number of aromatic nitrogens is 3. The highest BCUT2D eigenvalue weighted by molar-refractivity contribution is 7.54. The van der Waals surface area contributed by atoms with Crippen LogP contribution in [0.3, 0.4) is 0 Å². The maximum absolute atomic E-state index is 13.5. The van der Waals surface area contributed by atoms with Crippen LogP contribution < -0.4 is 0 Å². The Balaban J connectivity index is 2.59. The highest BCUT2D eigenvalue weighted by Crippen LogP contribution is 2.61. The predicted octanol–water partition coefficient (Wildman–Crippen LogP) is 3.27. The molecule has 1 heterocycles. The number of nitrogens with zero attached hydrogens (tertiary/aromatic N) is 3. The molecule has 0 saturated heterocycles. The first-order valence-electron chi connectivity index (χ1n) is 8.08. The molecule has 0 amide bonds. The Kier molecular flexibility index (Phi) is 6.87. The number of hydrogen-bond donors (Lipinski definition) is 0. The lowest BCUT2D eigenvalue weighted by atomic mass is 10.2. The molecule has 0 N–H and O–H groups in total. The van der Waals surface area contributed by atoms with Gasteiger partial charge in [0.25, 0.3) is 0 Å². The molecule has 1 aromatic heterocycles. The van der Waals surface area contributed by atoms with Crippen molar-refractivity contribution in [2.24, 2.45) is 0 Å². The van der Waals surface area contributed by atoms with E-state index in [0.29, 0.717) is 5.56 Å². The monoisotopic (exact) mass is 367 g/mol. The summed E-state index contributed by atoms with van der Waals surface area (Å²) in [6.07, 6.45) is 1.27. The fourth-order valence-electron chi connectivity index (χ4n) is 2.40. The van der Waals surface area contributed by atoms with Crippen LogP contribution in [0, 0.1) is 0 Å². The SMILES string of the molecule is CCOC(=O)c1cnnn1C(c1ccccc1)P(=O)(OCC)OCC. The van der Waals surface area contributed by atoms with Crippen LogP contribution in [0.2, 0.25) is 0 Å². The Labute approximate surface area is 146 Å². The lowest BCUT2D eigenvalue weighted by Crippen LogP contribution is -2.21. The van der Waals surface area contributed by atoms with Gasteiger partial charge in [-0.3, -0.25) is 4.57 Å². The van der Waals surface area contributed by atoms with Crippen molar-refractivity contribution < 1.29 is 23.1 Å². The van der Waals surface area contributed by atoms with Crippen LogP contribution in [0.25, 0.3) is 0 Å². The number of carbonyl (C=O) groups excluding carboxylic acids is 1. The summed E-state index contributed by atoms with van der Waals surface area (Å²) in [6.45, 7) is 5.72. The molecule has 8 nitrogen and oxygen atoms in total. The fraction of sp³-hybridized carbons (Fsp3) is 0.438. The Morgan fingerprint density at radius 2 is 1.76 bits per heavy atom. The summed E-state index contributed by atoms with van der Waals surface area (Å²) in [5.74, 6) is -1.55. The van der Waals surface area contributed by atoms with Gasteiger partial charge in [0.1, 0.15) is 0 Å². The van der Waals surface area contributed by atoms with Gasteiger partial charge in [-0.2, -0.15) is 0 Å². The van der Waals surface area contributed by atoms with Crippen molar-refractivity contribution in [3.05, 3.63) is 47.8 Å². The van der Waals surface area contributed by atoms with E-state index in [-0.39, 0.29) is 25.5 Å². The third-order valence-electron chi connectivity index (χ3n) is 3.31. The van der Waals surface area contributed by atoms with Gasteiger partial charge in [0.05, 0.1) is 26.0 Å². The fourth-order valence-corrected chi connectivity index (χ4v) is 4.45. The van der Waals surface area contributed by atoms with Gasteiger partial charge in [-0.25, -0.2) is 9.48 Å². The van der Waals surface area contributed by atoms with Crippen molar-refractivity contribution >= 4 is 13.6 Å². The van der Waals surface area contributed by atoms with Gasteiger partial charge in [-0.15, -0.1) is 5.10 Å². The van der Waals surface area contributed by atoms with Gasteiger partial charge in [-0.05, 0) is 26.3 Å². The zero-order valence-electron chi connectivity index (χ0n) is 14.5. The number of esters is 1. The first-order valence-corrected chi connectivity index (χ1v) is 9.69. The molecule has 1 aromatic carbocycles. The smallest absolute Gasteiger partial charge is 0.359 e. The molecule has 9 heteroatoms. The highest BCUT2D eigenvalue weighted by Gasteiger charge is 2.41. The number of benzene rings is 1. The van der Waals surface area contributed by atoms with E-state index in [2.05, 4.69) is 10.3 Å². The molecular formula is C16H22N3O5P. The molecule has 2 aromatic rings. The topological polar surface area (TPSA) is 92.5 Å². The van der Waals surface area contributed by atoms with Crippen LogP contribution >= 0.6 is 7.60 Å². The first kappa shape index (κ1) is 19.3. The third kappa shape index (κ3) is 4.34. The summed E-state index contributed by atoms with van der Waals surface area (Å²) in [5, 5.41) is 7.75. The van der Waals surface area contributed by atoms with Crippen molar-refractivity contribution in [1.29, 1.82) is 0 Å². The van der Waals surface area contributed by atoms with E-state index in [1.54, 1.807) is 45.0 Å². The number of rotatable bonds is 9. The third-order valence-corrected chi connectivity index (χ3v) is 5.66. The molecule has 25 heavy (non-hydrogen) atoms. The average molecular weight is 367 g/mol. The molecule has 1 unspecified atom stereocenters. The van der Waals surface area contributed by atoms with Gasteiger partial charge in [0.15, 0.2) is 11.5 Å². The second kappa shape index (κ2) is 8.89. The van der Waals surface area contributed by atoms with Gasteiger partial charge in [0.2, 0.25) is 0 Å². The summed E-state index contributed by atoms with van der Waals surface area (Å²) < 4.78 is 30.7. The van der Waals surface area contributed by atoms with Crippen molar-refractivity contribution in [3.8, 4) is 0 Å². The lowest BCUT2D eigenvalue weighted by Gasteiger charge is -2.27. The van der Waals surface area contributed by atoms with Crippen molar-refractivity contribution in [1.82, 2.24) is 15.0 Å². The Morgan fingerprint density at radius 1 is 1.12 bits per heavy atom. The molecule has 0 aliphatic heterocycles. The summed E-state index contributed by atoms with van der Waals surface area (Å²) in [5.41, 5.74) is 0.708. The van der Waals surface area contributed by atoms with Gasteiger partial charge < -0.3 is 13.8 Å². The maximum Gasteiger partial charge on any atom is 0.359 e. The molecule has 0 aliphatic carbocycles. The van der Waals surface area contributed by atoms with Gasteiger partial charge >= 0.3 is 13.6 Å². The minimum atomic E-state index is -3.67. The van der Waals surface area contributed by atoms with Crippen molar-refractivity contribution in [2.75, 3.05) is 19.8 Å². The largest absolute Gasteiger partial charge is 0.461 e. The number of ether oxygens (including phenoxy) is 1. The summed E-state index contributed by atoms with van der Waals surface area (Å²) in [6, 6.07) is 8.97. The number of hydrogen-bond acceptors (Lipinski definition) is 7. The van der Waals surface area contributed by atoms with Gasteiger partial charge in [-0.1, -0.05) is 35.5 Å². The second-order valence-corrected chi connectivity index (χ2v) is 7.03. The second-order valence-electron chi connectivity index (χ2n) is 4.94. The van der Waals surface area contributed by atoms with E-state index in [4.69, 9.17) is 13.8 Å². The molecule has 0 spiro atoms. The summed E-state index contributed by atoms with van der Waals surface area (Å²) in [7, 11) is -3.67. The molecule has 0 saturated carbocycles. The summed E-state index contributed by atoms with van der Waals surface area (Å²) >= 11 is 0. The molecule has 2 rings (SSSR count). The molecule has 136 valence electrons. The van der Waals surface area contributed by atoms with E-state index >= 15 is 0 Å². The van der Waals surface area contributed by atoms with Crippen LogP contribution in [0.1, 0.15) is 42.6 Å². The molecule has 0 bridgehead atoms. The Morgan fingerprint density at radius 3 is 2.32 bits per heavy atom. The quantitative estimate of drug-likeness (QED) is 0.496. The number of carbonyl (C=O) groups is 1. The van der Waals surface area contributed by atoms with Crippen LogP contribution in [-0.2, 0) is 18.3 Å². The zero-order chi connectivity index (χ0) is 18.3.